The third-order valence-corrected chi connectivity index (χ3v) is 3.81. The normalized spacial score (nSPS) is 13.5. The van der Waals surface area contributed by atoms with Crippen molar-refractivity contribution in [2.45, 2.75) is 19.7 Å². The molecule has 3 rings (SSSR count). The summed E-state index contributed by atoms with van der Waals surface area (Å²) < 4.78 is 63.6. The van der Waals surface area contributed by atoms with Crippen LogP contribution < -0.4 is 9.47 Å². The first-order valence-corrected chi connectivity index (χ1v) is 7.69. The van der Waals surface area contributed by atoms with E-state index in [-0.39, 0.29) is 30.3 Å². The number of rotatable bonds is 4. The fourth-order valence-electron chi connectivity index (χ4n) is 2.64. The van der Waals surface area contributed by atoms with E-state index in [2.05, 4.69) is 0 Å². The fraction of sp³-hybridized carbons (Fsp3) is 0.211. The van der Waals surface area contributed by atoms with Crippen LogP contribution in [0.3, 0.4) is 0 Å². The van der Waals surface area contributed by atoms with E-state index in [9.17, 15) is 22.4 Å². The highest BCUT2D eigenvalue weighted by Crippen LogP contribution is 2.34. The predicted octanol–water partition coefficient (Wildman–Crippen LogP) is 4.71. The van der Waals surface area contributed by atoms with Crippen LogP contribution in [0.5, 0.6) is 11.5 Å². The minimum Gasteiger partial charge on any atom is -0.489 e. The molecule has 0 saturated carbocycles. The van der Waals surface area contributed by atoms with Crippen LogP contribution in [0, 0.1) is 12.7 Å². The van der Waals surface area contributed by atoms with Gasteiger partial charge in [-0.15, -0.1) is 0 Å². The number of fused-ring (bicyclic) bond motifs is 1. The number of aldehydes is 1. The number of ether oxygens (including phenoxy) is 2. The Labute approximate surface area is 146 Å². The molecule has 2 aromatic carbocycles. The van der Waals surface area contributed by atoms with Gasteiger partial charge in [0, 0.05) is 17.7 Å². The molecule has 0 spiro atoms. The molecule has 0 unspecified atom stereocenters. The van der Waals surface area contributed by atoms with Gasteiger partial charge in [0.15, 0.2) is 0 Å². The summed E-state index contributed by atoms with van der Waals surface area (Å²) in [5.74, 6) is -0.304. The summed E-state index contributed by atoms with van der Waals surface area (Å²) in [7, 11) is 0. The van der Waals surface area contributed by atoms with Crippen LogP contribution in [-0.4, -0.2) is 12.9 Å². The SMILES string of the molecule is Cc1cc(COc2cc(F)c3c(c2)OCC(C=O)=C3)cc(C(F)(F)F)c1. The first-order valence-electron chi connectivity index (χ1n) is 7.69. The zero-order chi connectivity index (χ0) is 18.9. The van der Waals surface area contributed by atoms with E-state index in [1.54, 1.807) is 13.0 Å². The van der Waals surface area contributed by atoms with Gasteiger partial charge >= 0.3 is 6.18 Å². The molecule has 0 bridgehead atoms. The van der Waals surface area contributed by atoms with Crippen molar-refractivity contribution >= 4 is 12.4 Å². The summed E-state index contributed by atoms with van der Waals surface area (Å²) in [6.07, 6.45) is -2.47. The number of halogens is 4. The second-order valence-electron chi connectivity index (χ2n) is 5.94. The van der Waals surface area contributed by atoms with Crippen molar-refractivity contribution in [2.75, 3.05) is 6.61 Å². The van der Waals surface area contributed by atoms with Crippen LogP contribution in [0.15, 0.2) is 35.9 Å². The number of aryl methyl sites for hydroxylation is 1. The molecule has 0 aromatic heterocycles. The Morgan fingerprint density at radius 1 is 1.19 bits per heavy atom. The molecule has 1 aliphatic rings. The molecule has 2 aromatic rings. The number of benzene rings is 2. The molecule has 0 aliphatic carbocycles. The average Bonchev–Trinajstić information content (AvgIpc) is 2.58. The Bertz CT molecular complexity index is 885. The zero-order valence-electron chi connectivity index (χ0n) is 13.7. The summed E-state index contributed by atoms with van der Waals surface area (Å²) in [6, 6.07) is 6.16. The van der Waals surface area contributed by atoms with Gasteiger partial charge in [-0.2, -0.15) is 13.2 Å². The summed E-state index contributed by atoms with van der Waals surface area (Å²) in [5, 5.41) is 0. The van der Waals surface area contributed by atoms with Gasteiger partial charge in [0.1, 0.15) is 36.8 Å². The highest BCUT2D eigenvalue weighted by Gasteiger charge is 2.30. The smallest absolute Gasteiger partial charge is 0.416 e. The average molecular weight is 366 g/mol. The van der Waals surface area contributed by atoms with Crippen LogP contribution in [0.25, 0.3) is 6.08 Å². The lowest BCUT2D eigenvalue weighted by Crippen LogP contribution is -2.10. The Morgan fingerprint density at radius 2 is 1.96 bits per heavy atom. The molecule has 0 amide bonds. The maximum Gasteiger partial charge on any atom is 0.416 e. The number of hydrogen-bond donors (Lipinski definition) is 0. The van der Waals surface area contributed by atoms with Gasteiger partial charge in [-0.1, -0.05) is 11.6 Å². The van der Waals surface area contributed by atoms with Crippen molar-refractivity contribution in [3.63, 3.8) is 0 Å². The Hall–Kier alpha value is -2.83. The first kappa shape index (κ1) is 18.0. The molecule has 7 heteroatoms. The van der Waals surface area contributed by atoms with E-state index in [1.165, 1.54) is 12.1 Å². The minimum atomic E-state index is -4.45. The summed E-state index contributed by atoms with van der Waals surface area (Å²) in [5.41, 5.74) is 0.456. The lowest BCUT2D eigenvalue weighted by Gasteiger charge is -2.17. The Kier molecular flexibility index (Phi) is 4.71. The van der Waals surface area contributed by atoms with Crippen LogP contribution >= 0.6 is 0 Å². The molecule has 0 N–H and O–H groups in total. The van der Waals surface area contributed by atoms with Gasteiger partial charge in [0.2, 0.25) is 0 Å². The molecule has 1 heterocycles. The quantitative estimate of drug-likeness (QED) is 0.581. The van der Waals surface area contributed by atoms with Crippen molar-refractivity contribution in [1.82, 2.24) is 0 Å². The van der Waals surface area contributed by atoms with Gasteiger partial charge in [-0.3, -0.25) is 4.79 Å². The topological polar surface area (TPSA) is 35.5 Å². The van der Waals surface area contributed by atoms with E-state index in [1.807, 2.05) is 0 Å². The number of hydrogen-bond acceptors (Lipinski definition) is 3. The van der Waals surface area contributed by atoms with Gasteiger partial charge in [-0.05, 0) is 30.7 Å². The molecule has 26 heavy (non-hydrogen) atoms. The predicted molar refractivity (Wildman–Crippen MR) is 86.4 cm³/mol. The lowest BCUT2D eigenvalue weighted by molar-refractivity contribution is -0.137. The third kappa shape index (κ3) is 3.87. The van der Waals surface area contributed by atoms with Crippen LogP contribution in [-0.2, 0) is 17.6 Å². The maximum atomic E-state index is 14.2. The molecule has 3 nitrogen and oxygen atoms in total. The van der Waals surface area contributed by atoms with E-state index in [0.29, 0.717) is 23.0 Å². The highest BCUT2D eigenvalue weighted by molar-refractivity contribution is 5.84. The van der Waals surface area contributed by atoms with Crippen LogP contribution in [0.4, 0.5) is 17.6 Å². The third-order valence-electron chi connectivity index (χ3n) is 3.81. The number of carbonyl (C=O) groups excluding carboxylic acids is 1. The molecular weight excluding hydrogens is 352 g/mol. The zero-order valence-corrected chi connectivity index (χ0v) is 13.7. The maximum absolute atomic E-state index is 14.2. The largest absolute Gasteiger partial charge is 0.489 e. The first-order chi connectivity index (χ1) is 12.3. The molecule has 0 radical (unpaired) electrons. The van der Waals surface area contributed by atoms with Gasteiger partial charge in [0.05, 0.1) is 11.1 Å². The standard InChI is InChI=1S/C19H14F4O3/c1-11-2-12(4-14(3-11)19(21,22)23)9-25-15-6-17(20)16-5-13(8-24)10-26-18(16)7-15/h2-8H,9-10H2,1H3. The van der Waals surface area contributed by atoms with Gasteiger partial charge in [-0.25, -0.2) is 4.39 Å². The second-order valence-corrected chi connectivity index (χ2v) is 5.94. The Morgan fingerprint density at radius 3 is 2.65 bits per heavy atom. The van der Waals surface area contributed by atoms with E-state index >= 15 is 0 Å². The number of alkyl halides is 3. The van der Waals surface area contributed by atoms with Crippen molar-refractivity contribution < 1.29 is 31.8 Å². The van der Waals surface area contributed by atoms with Crippen molar-refractivity contribution in [3.05, 3.63) is 64.0 Å². The second kappa shape index (κ2) is 6.82. The fourth-order valence-corrected chi connectivity index (χ4v) is 2.64. The monoisotopic (exact) mass is 366 g/mol. The molecular formula is C19H14F4O3. The summed E-state index contributed by atoms with van der Waals surface area (Å²) >= 11 is 0. The highest BCUT2D eigenvalue weighted by atomic mass is 19.4. The van der Waals surface area contributed by atoms with E-state index in [0.717, 1.165) is 18.2 Å². The molecule has 136 valence electrons. The van der Waals surface area contributed by atoms with Crippen molar-refractivity contribution in [2.24, 2.45) is 0 Å². The van der Waals surface area contributed by atoms with Crippen LogP contribution in [0.1, 0.15) is 22.3 Å². The van der Waals surface area contributed by atoms with E-state index < -0.39 is 17.6 Å². The Balaban J connectivity index is 1.81. The van der Waals surface area contributed by atoms with E-state index in [4.69, 9.17) is 9.47 Å². The van der Waals surface area contributed by atoms with Gasteiger partial charge < -0.3 is 9.47 Å². The molecule has 0 atom stereocenters. The molecule has 0 saturated heterocycles. The molecule has 0 fully saturated rings. The van der Waals surface area contributed by atoms with Crippen LogP contribution in [0.2, 0.25) is 0 Å². The molecule has 1 aliphatic heterocycles. The van der Waals surface area contributed by atoms with Crippen molar-refractivity contribution in [3.8, 4) is 11.5 Å². The summed E-state index contributed by atoms with van der Waals surface area (Å²) in [4.78, 5) is 10.8. The van der Waals surface area contributed by atoms with Gasteiger partial charge in [0.25, 0.3) is 0 Å². The summed E-state index contributed by atoms with van der Waals surface area (Å²) in [6.45, 7) is 1.42. The minimum absolute atomic E-state index is 0.0201. The number of carbonyl (C=O) groups is 1. The van der Waals surface area contributed by atoms with Crippen molar-refractivity contribution in [1.29, 1.82) is 0 Å². The lowest BCUT2D eigenvalue weighted by atomic mass is 10.1.